The minimum absolute atomic E-state index is 0.302. The molecule has 0 fully saturated rings. The van der Waals surface area contributed by atoms with Gasteiger partial charge in [0.2, 0.25) is 0 Å². The van der Waals surface area contributed by atoms with Crippen LogP contribution in [0.4, 0.5) is 4.39 Å². The molecule has 0 saturated carbocycles. The first-order valence-corrected chi connectivity index (χ1v) is 4.80. The van der Waals surface area contributed by atoms with E-state index in [4.69, 9.17) is 10.5 Å². The summed E-state index contributed by atoms with van der Waals surface area (Å²) in [5.41, 5.74) is 6.42. The van der Waals surface area contributed by atoms with Crippen molar-refractivity contribution >= 4 is 5.97 Å². The first-order chi connectivity index (χ1) is 7.13. The highest BCUT2D eigenvalue weighted by molar-refractivity contribution is 5.75. The van der Waals surface area contributed by atoms with E-state index in [1.165, 1.54) is 12.1 Å². The Labute approximate surface area is 88.0 Å². The van der Waals surface area contributed by atoms with Gasteiger partial charge in [-0.15, -0.1) is 0 Å². The number of esters is 1. The highest BCUT2D eigenvalue weighted by Crippen LogP contribution is 2.05. The lowest BCUT2D eigenvalue weighted by Crippen LogP contribution is -2.34. The van der Waals surface area contributed by atoms with Gasteiger partial charge in [-0.05, 0) is 31.0 Å². The van der Waals surface area contributed by atoms with Crippen LogP contribution in [0.2, 0.25) is 0 Å². The van der Waals surface area contributed by atoms with Crippen molar-refractivity contribution in [3.05, 3.63) is 35.6 Å². The van der Waals surface area contributed by atoms with Gasteiger partial charge in [0.1, 0.15) is 11.9 Å². The molecule has 0 aliphatic rings. The van der Waals surface area contributed by atoms with Gasteiger partial charge >= 0.3 is 5.97 Å². The number of benzene rings is 1. The van der Waals surface area contributed by atoms with Crippen LogP contribution in [0.5, 0.6) is 0 Å². The van der Waals surface area contributed by atoms with Gasteiger partial charge in [0.05, 0.1) is 6.61 Å². The van der Waals surface area contributed by atoms with E-state index in [-0.39, 0.29) is 5.82 Å². The molecule has 1 atom stereocenters. The number of halogens is 1. The lowest BCUT2D eigenvalue weighted by atomic mass is 10.1. The van der Waals surface area contributed by atoms with E-state index in [0.717, 1.165) is 5.56 Å². The first-order valence-electron chi connectivity index (χ1n) is 4.80. The molecule has 0 aromatic heterocycles. The average molecular weight is 211 g/mol. The molecule has 4 heteroatoms. The number of rotatable bonds is 4. The predicted molar refractivity (Wildman–Crippen MR) is 54.7 cm³/mol. The van der Waals surface area contributed by atoms with Crippen molar-refractivity contribution in [3.8, 4) is 0 Å². The Morgan fingerprint density at radius 1 is 1.47 bits per heavy atom. The van der Waals surface area contributed by atoms with Crippen molar-refractivity contribution < 1.29 is 13.9 Å². The second-order valence-electron chi connectivity index (χ2n) is 3.19. The number of nitrogens with two attached hydrogens (primary N) is 1. The van der Waals surface area contributed by atoms with Crippen LogP contribution in [-0.2, 0) is 16.0 Å². The zero-order valence-corrected chi connectivity index (χ0v) is 8.57. The fraction of sp³-hybridized carbons (Fsp3) is 0.364. The zero-order chi connectivity index (χ0) is 11.3. The predicted octanol–water partition coefficient (Wildman–Crippen LogP) is 1.26. The van der Waals surface area contributed by atoms with Gasteiger partial charge in [0.15, 0.2) is 0 Å². The van der Waals surface area contributed by atoms with E-state index < -0.39 is 12.0 Å². The number of hydrogen-bond acceptors (Lipinski definition) is 3. The SMILES string of the molecule is CCOC(=O)[C@H](N)Cc1ccc(F)cc1. The standard InChI is InChI=1S/C11H14FNO2/c1-2-15-11(14)10(13)7-8-3-5-9(12)6-4-8/h3-6,10H,2,7,13H2,1H3/t10-/m1/s1. The molecule has 1 rings (SSSR count). The fourth-order valence-corrected chi connectivity index (χ4v) is 1.21. The fourth-order valence-electron chi connectivity index (χ4n) is 1.21. The summed E-state index contributed by atoms with van der Waals surface area (Å²) in [5.74, 6) is -0.731. The Morgan fingerprint density at radius 2 is 2.07 bits per heavy atom. The summed E-state index contributed by atoms with van der Waals surface area (Å²) in [7, 11) is 0. The van der Waals surface area contributed by atoms with Crippen molar-refractivity contribution in [3.63, 3.8) is 0 Å². The first kappa shape index (κ1) is 11.7. The smallest absolute Gasteiger partial charge is 0.323 e. The van der Waals surface area contributed by atoms with Gasteiger partial charge in [-0.25, -0.2) is 4.39 Å². The monoisotopic (exact) mass is 211 g/mol. The summed E-state index contributed by atoms with van der Waals surface area (Å²) in [6.45, 7) is 2.04. The molecule has 0 unspecified atom stereocenters. The van der Waals surface area contributed by atoms with Crippen LogP contribution in [0.15, 0.2) is 24.3 Å². The highest BCUT2D eigenvalue weighted by Gasteiger charge is 2.14. The van der Waals surface area contributed by atoms with E-state index in [2.05, 4.69) is 0 Å². The van der Waals surface area contributed by atoms with Crippen LogP contribution in [0.3, 0.4) is 0 Å². The molecule has 0 radical (unpaired) electrons. The third-order valence-electron chi connectivity index (χ3n) is 1.96. The summed E-state index contributed by atoms with van der Waals surface area (Å²) in [6, 6.07) is 5.21. The maximum absolute atomic E-state index is 12.6. The van der Waals surface area contributed by atoms with Crippen LogP contribution in [0, 0.1) is 5.82 Å². The van der Waals surface area contributed by atoms with Crippen LogP contribution in [0.1, 0.15) is 12.5 Å². The quantitative estimate of drug-likeness (QED) is 0.763. The van der Waals surface area contributed by atoms with E-state index in [9.17, 15) is 9.18 Å². The lowest BCUT2D eigenvalue weighted by molar-refractivity contribution is -0.144. The number of carbonyl (C=O) groups is 1. The summed E-state index contributed by atoms with van der Waals surface area (Å²) >= 11 is 0. The van der Waals surface area contributed by atoms with Gasteiger partial charge in [-0.1, -0.05) is 12.1 Å². The van der Waals surface area contributed by atoms with Crippen LogP contribution in [-0.4, -0.2) is 18.6 Å². The largest absolute Gasteiger partial charge is 0.465 e. The van der Waals surface area contributed by atoms with Crippen molar-refractivity contribution in [2.45, 2.75) is 19.4 Å². The minimum atomic E-state index is -0.685. The Morgan fingerprint density at radius 3 is 2.60 bits per heavy atom. The van der Waals surface area contributed by atoms with Crippen molar-refractivity contribution in [2.24, 2.45) is 5.73 Å². The molecule has 0 spiro atoms. The Kier molecular flexibility index (Phi) is 4.24. The summed E-state index contributed by atoms with van der Waals surface area (Å²) in [5, 5.41) is 0. The molecule has 1 aromatic rings. The molecule has 0 heterocycles. The van der Waals surface area contributed by atoms with E-state index in [1.54, 1.807) is 19.1 Å². The van der Waals surface area contributed by atoms with Crippen molar-refractivity contribution in [2.75, 3.05) is 6.61 Å². The molecule has 3 nitrogen and oxygen atoms in total. The Hall–Kier alpha value is -1.42. The normalized spacial score (nSPS) is 12.2. The summed E-state index contributed by atoms with van der Waals surface area (Å²) in [6.07, 6.45) is 0.360. The Balaban J connectivity index is 2.54. The minimum Gasteiger partial charge on any atom is -0.465 e. The second kappa shape index (κ2) is 5.46. The average Bonchev–Trinajstić information content (AvgIpc) is 2.22. The van der Waals surface area contributed by atoms with Gasteiger partial charge in [-0.3, -0.25) is 4.79 Å². The van der Waals surface area contributed by atoms with Gasteiger partial charge in [-0.2, -0.15) is 0 Å². The van der Waals surface area contributed by atoms with Crippen molar-refractivity contribution in [1.29, 1.82) is 0 Å². The van der Waals surface area contributed by atoms with E-state index in [0.29, 0.717) is 13.0 Å². The summed E-state index contributed by atoms with van der Waals surface area (Å²) < 4.78 is 17.3. The maximum atomic E-state index is 12.6. The second-order valence-corrected chi connectivity index (χ2v) is 3.19. The van der Waals surface area contributed by atoms with Crippen LogP contribution >= 0.6 is 0 Å². The molecule has 15 heavy (non-hydrogen) atoms. The maximum Gasteiger partial charge on any atom is 0.323 e. The molecule has 0 aliphatic heterocycles. The molecular weight excluding hydrogens is 197 g/mol. The highest BCUT2D eigenvalue weighted by atomic mass is 19.1. The number of ether oxygens (including phenoxy) is 1. The van der Waals surface area contributed by atoms with Crippen LogP contribution < -0.4 is 5.73 Å². The number of carbonyl (C=O) groups excluding carboxylic acids is 1. The van der Waals surface area contributed by atoms with E-state index >= 15 is 0 Å². The topological polar surface area (TPSA) is 52.3 Å². The molecule has 0 bridgehead atoms. The third kappa shape index (κ3) is 3.67. The molecule has 2 N–H and O–H groups in total. The third-order valence-corrected chi connectivity index (χ3v) is 1.96. The molecular formula is C11H14FNO2. The van der Waals surface area contributed by atoms with Crippen molar-refractivity contribution in [1.82, 2.24) is 0 Å². The van der Waals surface area contributed by atoms with Crippen LogP contribution in [0.25, 0.3) is 0 Å². The Bertz CT molecular complexity index is 324. The molecule has 1 aromatic carbocycles. The van der Waals surface area contributed by atoms with Gasteiger partial charge < -0.3 is 10.5 Å². The molecule has 0 saturated heterocycles. The zero-order valence-electron chi connectivity index (χ0n) is 8.57. The number of hydrogen-bond donors (Lipinski definition) is 1. The molecule has 0 aliphatic carbocycles. The molecule has 82 valence electrons. The van der Waals surface area contributed by atoms with Gasteiger partial charge in [0, 0.05) is 0 Å². The molecule has 0 amide bonds. The lowest BCUT2D eigenvalue weighted by Gasteiger charge is -2.10. The van der Waals surface area contributed by atoms with E-state index in [1.807, 2.05) is 0 Å². The van der Waals surface area contributed by atoms with Gasteiger partial charge in [0.25, 0.3) is 0 Å². The summed E-state index contributed by atoms with van der Waals surface area (Å²) in [4.78, 5) is 11.2.